The number of nitrogens with one attached hydrogen (secondary N) is 1. The van der Waals surface area contributed by atoms with Crippen molar-refractivity contribution in [3.8, 4) is 0 Å². The van der Waals surface area contributed by atoms with E-state index in [0.717, 1.165) is 17.8 Å². The Labute approximate surface area is 194 Å². The van der Waals surface area contributed by atoms with E-state index in [4.69, 9.17) is 11.6 Å². The van der Waals surface area contributed by atoms with E-state index in [2.05, 4.69) is 15.3 Å². The first-order chi connectivity index (χ1) is 15.7. The number of carbonyl (C=O) groups is 1. The van der Waals surface area contributed by atoms with Crippen LogP contribution in [0.3, 0.4) is 0 Å². The fourth-order valence-electron chi connectivity index (χ4n) is 3.98. The molecule has 4 rings (SSSR count). The largest absolute Gasteiger partial charge is 0.417 e. The Balaban J connectivity index is 1.42. The second kappa shape index (κ2) is 9.43. The van der Waals surface area contributed by atoms with Crippen molar-refractivity contribution in [2.45, 2.75) is 25.1 Å². The number of rotatable bonds is 5. The first kappa shape index (κ1) is 23.1. The number of amides is 1. The highest BCUT2D eigenvalue weighted by molar-refractivity contribution is 6.30. The van der Waals surface area contributed by atoms with Crippen LogP contribution in [0.1, 0.15) is 35.8 Å². The number of aryl methyl sites for hydroxylation is 1. The molecule has 3 heterocycles. The van der Waals surface area contributed by atoms with Crippen molar-refractivity contribution >= 4 is 23.3 Å². The Hall–Kier alpha value is -3.07. The molecule has 1 atom stereocenters. The molecule has 1 fully saturated rings. The number of anilines is 1. The molecule has 2 aromatic heterocycles. The molecule has 174 valence electrons. The monoisotopic (exact) mass is 477 g/mol. The van der Waals surface area contributed by atoms with Gasteiger partial charge in [0.15, 0.2) is 0 Å². The van der Waals surface area contributed by atoms with Crippen molar-refractivity contribution in [1.29, 1.82) is 0 Å². The van der Waals surface area contributed by atoms with Crippen LogP contribution in [0.4, 0.5) is 19.0 Å². The van der Waals surface area contributed by atoms with E-state index < -0.39 is 17.8 Å². The number of nitrogens with zero attached hydrogens (tertiary/aromatic N) is 4. The lowest BCUT2D eigenvalue weighted by Gasteiger charge is -2.33. The number of pyridine rings is 1. The third-order valence-electron chi connectivity index (χ3n) is 5.87. The third kappa shape index (κ3) is 5.30. The number of aromatic nitrogens is 3. The summed E-state index contributed by atoms with van der Waals surface area (Å²) in [7, 11) is 1.87. The van der Waals surface area contributed by atoms with E-state index in [-0.39, 0.29) is 11.8 Å². The van der Waals surface area contributed by atoms with Crippen molar-refractivity contribution in [3.63, 3.8) is 0 Å². The molecule has 0 unspecified atom stereocenters. The highest BCUT2D eigenvalue weighted by Crippen LogP contribution is 2.30. The van der Waals surface area contributed by atoms with Crippen LogP contribution in [0, 0.1) is 5.92 Å². The molecule has 6 nitrogen and oxygen atoms in total. The molecule has 0 aliphatic carbocycles. The van der Waals surface area contributed by atoms with Crippen molar-refractivity contribution < 1.29 is 18.0 Å². The lowest BCUT2D eigenvalue weighted by molar-refractivity contribution is -0.137. The Morgan fingerprint density at radius 2 is 1.82 bits per heavy atom. The zero-order valence-electron chi connectivity index (χ0n) is 17.9. The molecular formula is C23H23ClF3N5O. The van der Waals surface area contributed by atoms with Crippen LogP contribution < -0.4 is 10.2 Å². The number of imidazole rings is 1. The van der Waals surface area contributed by atoms with Crippen LogP contribution in [0.15, 0.2) is 55.0 Å². The fourth-order valence-corrected chi connectivity index (χ4v) is 4.11. The smallest absolute Gasteiger partial charge is 0.357 e. The Morgan fingerprint density at radius 3 is 2.36 bits per heavy atom. The van der Waals surface area contributed by atoms with Gasteiger partial charge in [-0.2, -0.15) is 13.2 Å². The van der Waals surface area contributed by atoms with E-state index in [1.807, 2.05) is 34.8 Å². The number of alkyl halides is 3. The minimum absolute atomic E-state index is 0.0852. The van der Waals surface area contributed by atoms with Crippen molar-refractivity contribution in [1.82, 2.24) is 19.9 Å². The zero-order valence-corrected chi connectivity index (χ0v) is 18.6. The van der Waals surface area contributed by atoms with Crippen LogP contribution in [-0.4, -0.2) is 33.5 Å². The molecule has 0 bridgehead atoms. The van der Waals surface area contributed by atoms with Crippen LogP contribution in [0.5, 0.6) is 0 Å². The second-order valence-corrected chi connectivity index (χ2v) is 8.49. The number of carbonyl (C=O) groups excluding carboxylic acids is 1. The van der Waals surface area contributed by atoms with Gasteiger partial charge in [-0.3, -0.25) is 4.79 Å². The third-order valence-corrected chi connectivity index (χ3v) is 6.12. The van der Waals surface area contributed by atoms with E-state index >= 15 is 0 Å². The SMILES string of the molecule is Cn1ccnc1[C@H](NC(=O)C1CCN(c2ccc(C(F)(F)F)cn2)CC1)c1ccc(Cl)cc1. The highest BCUT2D eigenvalue weighted by atomic mass is 35.5. The number of hydrogen-bond acceptors (Lipinski definition) is 4. The molecule has 3 aromatic rings. The lowest BCUT2D eigenvalue weighted by atomic mass is 9.94. The molecule has 1 aromatic carbocycles. The molecule has 33 heavy (non-hydrogen) atoms. The lowest BCUT2D eigenvalue weighted by Crippen LogP contribution is -2.42. The van der Waals surface area contributed by atoms with Crippen LogP contribution in [0.2, 0.25) is 5.02 Å². The summed E-state index contributed by atoms with van der Waals surface area (Å²) < 4.78 is 40.2. The van der Waals surface area contributed by atoms with Gasteiger partial charge in [-0.1, -0.05) is 23.7 Å². The van der Waals surface area contributed by atoms with Crippen molar-refractivity contribution in [2.24, 2.45) is 13.0 Å². The number of benzene rings is 1. The maximum Gasteiger partial charge on any atom is 0.417 e. The highest BCUT2D eigenvalue weighted by Gasteiger charge is 2.32. The average Bonchev–Trinajstić information content (AvgIpc) is 3.23. The van der Waals surface area contributed by atoms with E-state index in [0.29, 0.717) is 42.6 Å². The summed E-state index contributed by atoms with van der Waals surface area (Å²) in [6.07, 6.45) is 1.08. The van der Waals surface area contributed by atoms with Gasteiger partial charge in [-0.15, -0.1) is 0 Å². The predicted molar refractivity (Wildman–Crippen MR) is 119 cm³/mol. The summed E-state index contributed by atoms with van der Waals surface area (Å²) in [5.41, 5.74) is 0.0940. The Morgan fingerprint density at radius 1 is 1.12 bits per heavy atom. The van der Waals surface area contributed by atoms with Gasteiger partial charge in [-0.25, -0.2) is 9.97 Å². The molecular weight excluding hydrogens is 455 g/mol. The summed E-state index contributed by atoms with van der Waals surface area (Å²) in [6.45, 7) is 1.06. The summed E-state index contributed by atoms with van der Waals surface area (Å²) in [4.78, 5) is 23.4. The fraction of sp³-hybridized carbons (Fsp3) is 0.348. The summed E-state index contributed by atoms with van der Waals surface area (Å²) in [5.74, 6) is 0.884. The second-order valence-electron chi connectivity index (χ2n) is 8.05. The topological polar surface area (TPSA) is 63.1 Å². The molecule has 0 saturated carbocycles. The van der Waals surface area contributed by atoms with Gasteiger partial charge in [0, 0.05) is 49.7 Å². The van der Waals surface area contributed by atoms with Crippen LogP contribution >= 0.6 is 11.6 Å². The molecule has 1 amide bonds. The minimum atomic E-state index is -4.41. The number of halogens is 4. The number of hydrogen-bond donors (Lipinski definition) is 1. The Kier molecular flexibility index (Phi) is 6.60. The van der Waals surface area contributed by atoms with Gasteiger partial charge >= 0.3 is 6.18 Å². The standard InChI is InChI=1S/C23H23ClF3N5O/c1-31-13-10-28-21(31)20(15-2-5-18(24)6-3-15)30-22(33)16-8-11-32(12-9-16)19-7-4-17(14-29-19)23(25,26)27/h2-7,10,13-14,16,20H,8-9,11-12H2,1H3,(H,30,33)/t20-/m1/s1. The quantitative estimate of drug-likeness (QED) is 0.583. The van der Waals surface area contributed by atoms with Crippen molar-refractivity contribution in [3.05, 3.63) is 77.0 Å². The van der Waals surface area contributed by atoms with Gasteiger partial charge in [0.2, 0.25) is 5.91 Å². The van der Waals surface area contributed by atoms with Gasteiger partial charge in [-0.05, 0) is 42.7 Å². The van der Waals surface area contributed by atoms with E-state index in [1.54, 1.807) is 18.3 Å². The molecule has 10 heteroatoms. The predicted octanol–water partition coefficient (Wildman–Crippen LogP) is 4.61. The average molecular weight is 478 g/mol. The van der Waals surface area contributed by atoms with E-state index in [9.17, 15) is 18.0 Å². The summed E-state index contributed by atoms with van der Waals surface area (Å²) in [6, 6.07) is 9.25. The molecule has 1 saturated heterocycles. The molecule has 1 N–H and O–H groups in total. The molecule has 0 spiro atoms. The number of piperidine rings is 1. The Bertz CT molecular complexity index is 1090. The molecule has 1 aliphatic rings. The zero-order chi connectivity index (χ0) is 23.6. The van der Waals surface area contributed by atoms with Crippen LogP contribution in [-0.2, 0) is 18.0 Å². The minimum Gasteiger partial charge on any atom is -0.357 e. The summed E-state index contributed by atoms with van der Waals surface area (Å²) >= 11 is 6.02. The summed E-state index contributed by atoms with van der Waals surface area (Å²) in [5, 5.41) is 3.72. The molecule has 1 aliphatic heterocycles. The van der Waals surface area contributed by atoms with Gasteiger partial charge < -0.3 is 14.8 Å². The maximum atomic E-state index is 13.1. The molecule has 0 radical (unpaired) electrons. The van der Waals surface area contributed by atoms with Crippen molar-refractivity contribution in [2.75, 3.05) is 18.0 Å². The first-order valence-electron chi connectivity index (χ1n) is 10.5. The maximum absolute atomic E-state index is 13.1. The van der Waals surface area contributed by atoms with Gasteiger partial charge in [0.1, 0.15) is 17.7 Å². The normalized spacial score (nSPS) is 16.0. The van der Waals surface area contributed by atoms with E-state index in [1.165, 1.54) is 6.07 Å². The van der Waals surface area contributed by atoms with Gasteiger partial charge in [0.25, 0.3) is 0 Å². The first-order valence-corrected chi connectivity index (χ1v) is 10.9. The van der Waals surface area contributed by atoms with Crippen LogP contribution in [0.25, 0.3) is 0 Å². The van der Waals surface area contributed by atoms with Gasteiger partial charge in [0.05, 0.1) is 5.56 Å².